The van der Waals surface area contributed by atoms with E-state index in [1.54, 1.807) is 22.5 Å². The lowest BCUT2D eigenvalue weighted by molar-refractivity contribution is 0.0785. The molecule has 2 aliphatic rings. The van der Waals surface area contributed by atoms with Crippen LogP contribution in [0.25, 0.3) is 10.9 Å². The van der Waals surface area contributed by atoms with Crippen LogP contribution in [-0.2, 0) is 10.0 Å². The van der Waals surface area contributed by atoms with Gasteiger partial charge in [0.05, 0.1) is 18.5 Å². The number of fused-ring (bicyclic) bond motifs is 1. The number of nitrogens with zero attached hydrogens (tertiary/aromatic N) is 2. The lowest BCUT2D eigenvalue weighted by atomic mass is 9.97. The van der Waals surface area contributed by atoms with E-state index in [0.717, 1.165) is 69.1 Å². The van der Waals surface area contributed by atoms with Crippen LogP contribution in [0.2, 0.25) is 0 Å². The lowest BCUT2D eigenvalue weighted by Gasteiger charge is -2.35. The lowest BCUT2D eigenvalue weighted by Crippen LogP contribution is -2.47. The van der Waals surface area contributed by atoms with Crippen molar-refractivity contribution in [2.75, 3.05) is 38.5 Å². The van der Waals surface area contributed by atoms with Crippen molar-refractivity contribution in [3.05, 3.63) is 40.7 Å². The Labute approximate surface area is 214 Å². The van der Waals surface area contributed by atoms with Gasteiger partial charge in [-0.1, -0.05) is 32.1 Å². The smallest absolute Gasteiger partial charge is 0.248 e. The van der Waals surface area contributed by atoms with Crippen molar-refractivity contribution in [1.82, 2.24) is 14.2 Å². The minimum Gasteiger partial charge on any atom is -0.494 e. The summed E-state index contributed by atoms with van der Waals surface area (Å²) < 4.78 is 34.8. The van der Waals surface area contributed by atoms with Crippen LogP contribution < -0.4 is 10.3 Å². The Balaban J connectivity index is 1.34. The van der Waals surface area contributed by atoms with E-state index < -0.39 is 10.0 Å². The van der Waals surface area contributed by atoms with Crippen LogP contribution >= 0.6 is 0 Å². The van der Waals surface area contributed by atoms with E-state index in [2.05, 4.69) is 9.88 Å². The number of aromatic amines is 1. The maximum Gasteiger partial charge on any atom is 0.248 e. The van der Waals surface area contributed by atoms with Crippen molar-refractivity contribution in [2.45, 2.75) is 76.4 Å². The Morgan fingerprint density at radius 2 is 1.72 bits per heavy atom. The number of hydrogen-bond acceptors (Lipinski definition) is 6. The van der Waals surface area contributed by atoms with Crippen molar-refractivity contribution < 1.29 is 18.3 Å². The molecule has 8 nitrogen and oxygen atoms in total. The summed E-state index contributed by atoms with van der Waals surface area (Å²) in [5.74, 6) is 0.736. The number of sulfonamides is 1. The molecule has 2 heterocycles. The van der Waals surface area contributed by atoms with Gasteiger partial charge in [0.15, 0.2) is 0 Å². The predicted molar refractivity (Wildman–Crippen MR) is 143 cm³/mol. The van der Waals surface area contributed by atoms with Gasteiger partial charge >= 0.3 is 0 Å². The highest BCUT2D eigenvalue weighted by molar-refractivity contribution is 7.89. The number of H-pyrrole nitrogens is 1. The summed E-state index contributed by atoms with van der Waals surface area (Å²) in [5, 5.41) is 10.7. The number of ether oxygens (including phenoxy) is 1. The second-order valence-corrected chi connectivity index (χ2v) is 12.3. The molecule has 1 saturated heterocycles. The Hall–Kier alpha value is -1.94. The summed E-state index contributed by atoms with van der Waals surface area (Å²) in [6.45, 7) is 3.21. The second kappa shape index (κ2) is 13.0. The number of pyridine rings is 1. The van der Waals surface area contributed by atoms with E-state index in [-0.39, 0.29) is 23.5 Å². The van der Waals surface area contributed by atoms with Crippen molar-refractivity contribution >= 4 is 20.9 Å². The van der Waals surface area contributed by atoms with Crippen molar-refractivity contribution in [3.63, 3.8) is 0 Å². The van der Waals surface area contributed by atoms with Gasteiger partial charge in [0.2, 0.25) is 15.6 Å². The molecule has 9 heteroatoms. The first-order valence-electron chi connectivity index (χ1n) is 13.6. The molecule has 1 saturated carbocycles. The molecular weight excluding hydrogens is 478 g/mol. The highest BCUT2D eigenvalue weighted by Crippen LogP contribution is 2.25. The van der Waals surface area contributed by atoms with Gasteiger partial charge in [0.25, 0.3) is 0 Å². The zero-order valence-electron chi connectivity index (χ0n) is 21.2. The molecule has 1 aromatic carbocycles. The Bertz CT molecular complexity index is 1120. The van der Waals surface area contributed by atoms with E-state index in [1.807, 2.05) is 6.07 Å². The van der Waals surface area contributed by atoms with E-state index in [0.29, 0.717) is 25.3 Å². The van der Waals surface area contributed by atoms with Crippen LogP contribution in [0.3, 0.4) is 0 Å². The average Bonchev–Trinajstić information content (AvgIpc) is 2.84. The fourth-order valence-corrected chi connectivity index (χ4v) is 7.17. The summed E-state index contributed by atoms with van der Waals surface area (Å²) in [6, 6.07) is 8.77. The average molecular weight is 520 g/mol. The van der Waals surface area contributed by atoms with Crippen LogP contribution in [0.5, 0.6) is 5.75 Å². The fourth-order valence-electron chi connectivity index (χ4n) is 5.43. The van der Waals surface area contributed by atoms with Crippen LogP contribution in [0.1, 0.15) is 64.2 Å². The summed E-state index contributed by atoms with van der Waals surface area (Å²) in [5.41, 5.74) is 0.601. The molecular formula is C27H41N3O5S. The van der Waals surface area contributed by atoms with Crippen molar-refractivity contribution in [3.8, 4) is 5.75 Å². The molecule has 2 fully saturated rings. The number of aromatic nitrogens is 1. The molecule has 1 aliphatic heterocycles. The third-order valence-corrected chi connectivity index (χ3v) is 9.54. The van der Waals surface area contributed by atoms with Crippen LogP contribution in [0.15, 0.2) is 35.1 Å². The molecule has 36 heavy (non-hydrogen) atoms. The van der Waals surface area contributed by atoms with E-state index in [9.17, 15) is 18.3 Å². The maximum atomic E-state index is 13.5. The van der Waals surface area contributed by atoms with E-state index in [4.69, 9.17) is 4.74 Å². The quantitative estimate of drug-likeness (QED) is 0.466. The highest BCUT2D eigenvalue weighted by Gasteiger charge is 2.30. The zero-order valence-corrected chi connectivity index (χ0v) is 22.1. The first-order chi connectivity index (χ1) is 17.4. The number of piperidine rings is 1. The Morgan fingerprint density at radius 1 is 1.00 bits per heavy atom. The van der Waals surface area contributed by atoms with Gasteiger partial charge in [-0.2, -0.15) is 4.31 Å². The number of aliphatic hydroxyl groups is 1. The van der Waals surface area contributed by atoms with Gasteiger partial charge in [-0.05, 0) is 56.4 Å². The number of hydrogen-bond donors (Lipinski definition) is 2. The molecule has 0 radical (unpaired) electrons. The third-order valence-electron chi connectivity index (χ3n) is 7.54. The zero-order chi connectivity index (χ0) is 25.4. The first-order valence-corrected chi connectivity index (χ1v) is 15.2. The van der Waals surface area contributed by atoms with Crippen LogP contribution in [0.4, 0.5) is 0 Å². The molecule has 0 atom stereocenters. The maximum absolute atomic E-state index is 13.5. The molecule has 4 rings (SSSR count). The topological polar surface area (TPSA) is 103 Å². The number of rotatable bonds is 10. The van der Waals surface area contributed by atoms with Gasteiger partial charge in [0, 0.05) is 49.2 Å². The second-order valence-electron chi connectivity index (χ2n) is 10.3. The van der Waals surface area contributed by atoms with Crippen LogP contribution in [0, 0.1) is 0 Å². The Morgan fingerprint density at radius 3 is 2.47 bits per heavy atom. The number of aliphatic hydroxyl groups excluding tert-OH is 1. The highest BCUT2D eigenvalue weighted by atomic mass is 32.2. The molecule has 1 aromatic heterocycles. The Kier molecular flexibility index (Phi) is 9.81. The van der Waals surface area contributed by atoms with Gasteiger partial charge in [-0.3, -0.25) is 4.79 Å². The summed E-state index contributed by atoms with van der Waals surface area (Å²) in [6.07, 6.45) is 9.38. The van der Waals surface area contributed by atoms with E-state index >= 15 is 0 Å². The summed E-state index contributed by atoms with van der Waals surface area (Å²) in [4.78, 5) is 16.5. The van der Waals surface area contributed by atoms with Crippen molar-refractivity contribution in [2.24, 2.45) is 0 Å². The number of benzene rings is 1. The van der Waals surface area contributed by atoms with Crippen LogP contribution in [-0.4, -0.2) is 78.4 Å². The SMILES string of the molecule is O=c1ccc2cc(OCCCS(=O)(=O)N(CCN3CCC(O)CC3)C3CCCCCCC3)ccc2[nH]1. The minimum atomic E-state index is -3.42. The fraction of sp³-hybridized carbons (Fsp3) is 0.667. The van der Waals surface area contributed by atoms with Gasteiger partial charge in [0.1, 0.15) is 5.75 Å². The minimum absolute atomic E-state index is 0.0725. The number of nitrogens with one attached hydrogen (secondary N) is 1. The summed E-state index contributed by atoms with van der Waals surface area (Å²) in [7, 11) is -3.42. The molecule has 0 amide bonds. The summed E-state index contributed by atoms with van der Waals surface area (Å²) >= 11 is 0. The normalized spacial score (nSPS) is 19.4. The molecule has 1 aliphatic carbocycles. The largest absolute Gasteiger partial charge is 0.494 e. The monoisotopic (exact) mass is 519 g/mol. The molecule has 0 spiro atoms. The van der Waals surface area contributed by atoms with Gasteiger partial charge in [-0.15, -0.1) is 0 Å². The predicted octanol–water partition coefficient (Wildman–Crippen LogP) is 3.50. The van der Waals surface area contributed by atoms with E-state index in [1.165, 1.54) is 25.3 Å². The first kappa shape index (κ1) is 27.1. The van der Waals surface area contributed by atoms with Gasteiger partial charge < -0.3 is 19.7 Å². The number of likely N-dealkylation sites (tertiary alicyclic amines) is 1. The van der Waals surface area contributed by atoms with Crippen molar-refractivity contribution in [1.29, 1.82) is 0 Å². The molecule has 0 bridgehead atoms. The molecule has 2 aromatic rings. The molecule has 200 valence electrons. The molecule has 2 N–H and O–H groups in total. The van der Waals surface area contributed by atoms with Gasteiger partial charge in [-0.25, -0.2) is 8.42 Å². The standard InChI is InChI=1S/C27H41N3O5S/c31-24-13-15-29(16-14-24)17-18-30(23-7-4-2-1-3-5-8-23)36(33,34)20-6-19-35-25-10-11-26-22(21-25)9-12-27(32)28-26/h9-12,21,23-24,31H,1-8,13-20H2,(H,28,32). The molecule has 0 unspecified atom stereocenters. The third kappa shape index (κ3) is 7.78.